The summed E-state index contributed by atoms with van der Waals surface area (Å²) in [5, 5.41) is 12.0. The number of carboxylic acids is 1. The van der Waals surface area contributed by atoms with Crippen molar-refractivity contribution in [2.75, 3.05) is 5.75 Å². The van der Waals surface area contributed by atoms with E-state index in [9.17, 15) is 14.7 Å². The Morgan fingerprint density at radius 1 is 1.43 bits per heavy atom. The molecule has 2 rings (SSSR count). The van der Waals surface area contributed by atoms with Crippen LogP contribution in [0.2, 0.25) is 0 Å². The van der Waals surface area contributed by atoms with Crippen LogP contribution in [0.25, 0.3) is 0 Å². The van der Waals surface area contributed by atoms with Gasteiger partial charge in [-0.05, 0) is 38.2 Å². The maximum Gasteiger partial charge on any atom is 0.329 e. The van der Waals surface area contributed by atoms with Crippen LogP contribution in [-0.4, -0.2) is 28.3 Å². The number of thioether (sulfide) groups is 1. The quantitative estimate of drug-likeness (QED) is 0.812. The predicted molar refractivity (Wildman–Crippen MR) is 84.2 cm³/mol. The van der Waals surface area contributed by atoms with Gasteiger partial charge >= 0.3 is 5.97 Å². The molecule has 21 heavy (non-hydrogen) atoms. The van der Waals surface area contributed by atoms with Crippen molar-refractivity contribution in [3.8, 4) is 0 Å². The summed E-state index contributed by atoms with van der Waals surface area (Å²) in [7, 11) is 0. The van der Waals surface area contributed by atoms with Crippen LogP contribution < -0.4 is 5.32 Å². The van der Waals surface area contributed by atoms with E-state index in [0.29, 0.717) is 0 Å². The van der Waals surface area contributed by atoms with E-state index in [1.807, 2.05) is 25.1 Å². The molecule has 1 saturated carbocycles. The number of carbonyl (C=O) groups is 2. The molecule has 0 saturated heterocycles. The van der Waals surface area contributed by atoms with Gasteiger partial charge in [0.1, 0.15) is 5.54 Å². The van der Waals surface area contributed by atoms with Crippen molar-refractivity contribution in [1.82, 2.24) is 5.32 Å². The fourth-order valence-electron chi connectivity index (χ4n) is 2.38. The molecular formula is C16H21NO3S. The second kappa shape index (κ2) is 6.52. The van der Waals surface area contributed by atoms with Crippen molar-refractivity contribution in [3.05, 3.63) is 35.4 Å². The number of rotatable bonds is 7. The summed E-state index contributed by atoms with van der Waals surface area (Å²) in [6, 6.07) is 8.16. The summed E-state index contributed by atoms with van der Waals surface area (Å²) in [5.74, 6) is -0.0431. The molecule has 0 heterocycles. The Hall–Kier alpha value is -1.49. The second-order valence-corrected chi connectivity index (χ2v) is 6.80. The van der Waals surface area contributed by atoms with Crippen LogP contribution in [-0.2, 0) is 15.3 Å². The third-order valence-corrected chi connectivity index (χ3v) is 4.83. The highest BCUT2D eigenvalue weighted by Crippen LogP contribution is 2.39. The molecule has 1 atom stereocenters. The number of hydrogen-bond acceptors (Lipinski definition) is 3. The van der Waals surface area contributed by atoms with Gasteiger partial charge in [0.15, 0.2) is 0 Å². The first-order chi connectivity index (χ1) is 9.91. The zero-order chi connectivity index (χ0) is 15.5. The van der Waals surface area contributed by atoms with E-state index < -0.39 is 11.5 Å². The van der Waals surface area contributed by atoms with Gasteiger partial charge in [0, 0.05) is 5.75 Å². The van der Waals surface area contributed by atoms with Crippen LogP contribution in [0.4, 0.5) is 0 Å². The standard InChI is InChI=1S/C16H21NO3S/c1-11-4-3-5-12(8-11)9-21-10-14(18)17-16(2,15(19)20)13-6-7-13/h3-5,8,13H,6-7,9-10H2,1-2H3,(H,17,18)(H,19,20). The Kier molecular flexibility index (Phi) is 4.93. The van der Waals surface area contributed by atoms with Gasteiger partial charge in [-0.2, -0.15) is 0 Å². The summed E-state index contributed by atoms with van der Waals surface area (Å²) in [6.07, 6.45) is 1.75. The van der Waals surface area contributed by atoms with E-state index in [-0.39, 0.29) is 17.6 Å². The Morgan fingerprint density at radius 2 is 2.14 bits per heavy atom. The third-order valence-electron chi connectivity index (χ3n) is 3.82. The van der Waals surface area contributed by atoms with Crippen molar-refractivity contribution in [2.45, 2.75) is 38.0 Å². The molecule has 0 aromatic heterocycles. The predicted octanol–water partition coefficient (Wildman–Crippen LogP) is 2.60. The molecule has 4 nitrogen and oxygen atoms in total. The molecule has 0 radical (unpaired) electrons. The summed E-state index contributed by atoms with van der Waals surface area (Å²) in [6.45, 7) is 3.64. The largest absolute Gasteiger partial charge is 0.480 e. The highest BCUT2D eigenvalue weighted by molar-refractivity contribution is 7.99. The molecule has 1 aromatic carbocycles. The van der Waals surface area contributed by atoms with E-state index in [1.165, 1.54) is 22.9 Å². The molecule has 2 N–H and O–H groups in total. The molecule has 0 bridgehead atoms. The molecule has 1 unspecified atom stereocenters. The number of hydrogen-bond donors (Lipinski definition) is 2. The average molecular weight is 307 g/mol. The smallest absolute Gasteiger partial charge is 0.329 e. The first kappa shape index (κ1) is 15.9. The normalized spacial score (nSPS) is 17.0. The van der Waals surface area contributed by atoms with E-state index in [1.54, 1.807) is 6.92 Å². The Morgan fingerprint density at radius 3 is 2.71 bits per heavy atom. The summed E-state index contributed by atoms with van der Waals surface area (Å²) < 4.78 is 0. The number of aryl methyl sites for hydroxylation is 1. The van der Waals surface area contributed by atoms with Gasteiger partial charge in [0.2, 0.25) is 5.91 Å². The van der Waals surface area contributed by atoms with Crippen molar-refractivity contribution in [1.29, 1.82) is 0 Å². The minimum Gasteiger partial charge on any atom is -0.480 e. The van der Waals surface area contributed by atoms with Gasteiger partial charge in [0.05, 0.1) is 5.75 Å². The molecule has 114 valence electrons. The third kappa shape index (κ3) is 4.24. The van der Waals surface area contributed by atoms with E-state index in [2.05, 4.69) is 11.4 Å². The Bertz CT molecular complexity index is 542. The van der Waals surface area contributed by atoms with Gasteiger partial charge in [-0.3, -0.25) is 4.79 Å². The fourth-order valence-corrected chi connectivity index (χ4v) is 3.15. The highest BCUT2D eigenvalue weighted by Gasteiger charge is 2.48. The van der Waals surface area contributed by atoms with Crippen LogP contribution in [0.5, 0.6) is 0 Å². The molecule has 1 amide bonds. The van der Waals surface area contributed by atoms with E-state index in [4.69, 9.17) is 0 Å². The first-order valence-electron chi connectivity index (χ1n) is 7.09. The van der Waals surface area contributed by atoms with Gasteiger partial charge in [-0.15, -0.1) is 11.8 Å². The van der Waals surface area contributed by atoms with Crippen LogP contribution >= 0.6 is 11.8 Å². The average Bonchev–Trinajstić information content (AvgIpc) is 3.23. The summed E-state index contributed by atoms with van der Waals surface area (Å²) in [5.41, 5.74) is 1.27. The van der Waals surface area contributed by atoms with Gasteiger partial charge < -0.3 is 10.4 Å². The number of nitrogens with one attached hydrogen (secondary N) is 1. The second-order valence-electron chi connectivity index (χ2n) is 5.81. The lowest BCUT2D eigenvalue weighted by atomic mass is 9.96. The fraction of sp³-hybridized carbons (Fsp3) is 0.500. The maximum absolute atomic E-state index is 12.0. The molecule has 1 aliphatic rings. The Balaban J connectivity index is 1.80. The number of aliphatic carboxylic acids is 1. The molecule has 0 spiro atoms. The number of carbonyl (C=O) groups excluding carboxylic acids is 1. The monoisotopic (exact) mass is 307 g/mol. The summed E-state index contributed by atoms with van der Waals surface area (Å²) >= 11 is 1.50. The molecule has 0 aliphatic heterocycles. The van der Waals surface area contributed by atoms with Crippen LogP contribution in [0, 0.1) is 12.8 Å². The lowest BCUT2D eigenvalue weighted by molar-refractivity contribution is -0.147. The molecule has 1 aliphatic carbocycles. The molecule has 1 fully saturated rings. The highest BCUT2D eigenvalue weighted by atomic mass is 32.2. The zero-order valence-electron chi connectivity index (χ0n) is 12.4. The van der Waals surface area contributed by atoms with E-state index in [0.717, 1.165) is 18.6 Å². The number of amides is 1. The van der Waals surface area contributed by atoms with E-state index >= 15 is 0 Å². The van der Waals surface area contributed by atoms with Gasteiger partial charge in [-0.1, -0.05) is 29.8 Å². The van der Waals surface area contributed by atoms with Crippen molar-refractivity contribution >= 4 is 23.6 Å². The van der Waals surface area contributed by atoms with Crippen LogP contribution in [0.1, 0.15) is 30.9 Å². The molecule has 1 aromatic rings. The lowest BCUT2D eigenvalue weighted by Crippen LogP contribution is -2.54. The summed E-state index contributed by atoms with van der Waals surface area (Å²) in [4.78, 5) is 23.3. The number of benzene rings is 1. The molecule has 5 heteroatoms. The van der Waals surface area contributed by atoms with Crippen molar-refractivity contribution in [2.24, 2.45) is 5.92 Å². The van der Waals surface area contributed by atoms with Crippen molar-refractivity contribution < 1.29 is 14.7 Å². The maximum atomic E-state index is 12.0. The van der Waals surface area contributed by atoms with Crippen LogP contribution in [0.15, 0.2) is 24.3 Å². The minimum absolute atomic E-state index is 0.0701. The molecular weight excluding hydrogens is 286 g/mol. The first-order valence-corrected chi connectivity index (χ1v) is 8.25. The van der Waals surface area contributed by atoms with Crippen LogP contribution in [0.3, 0.4) is 0 Å². The lowest BCUT2D eigenvalue weighted by Gasteiger charge is -2.26. The van der Waals surface area contributed by atoms with Crippen molar-refractivity contribution in [3.63, 3.8) is 0 Å². The van der Waals surface area contributed by atoms with Gasteiger partial charge in [-0.25, -0.2) is 4.79 Å². The zero-order valence-corrected chi connectivity index (χ0v) is 13.2. The minimum atomic E-state index is -1.11. The number of carboxylic acid groups (broad SMARTS) is 1. The SMILES string of the molecule is Cc1cccc(CSCC(=O)NC(C)(C(=O)O)C2CC2)c1. The Labute approximate surface area is 129 Å². The topological polar surface area (TPSA) is 66.4 Å². The van der Waals surface area contributed by atoms with Gasteiger partial charge in [0.25, 0.3) is 0 Å².